The van der Waals surface area contributed by atoms with E-state index in [0.717, 1.165) is 31.4 Å². The number of aliphatic hydroxyl groups excluding tert-OH is 1. The number of nitrogens with zero attached hydrogens (tertiary/aromatic N) is 3. The fourth-order valence-electron chi connectivity index (χ4n) is 4.01. The lowest BCUT2D eigenvalue weighted by Gasteiger charge is -2.47. The predicted molar refractivity (Wildman–Crippen MR) is 96.8 cm³/mol. The van der Waals surface area contributed by atoms with Crippen LogP contribution in [0.15, 0.2) is 24.5 Å². The molecule has 0 bridgehead atoms. The molecule has 1 atom stereocenters. The first-order valence-electron chi connectivity index (χ1n) is 9.34. The molecule has 2 amide bonds. The molecule has 26 heavy (non-hydrogen) atoms. The van der Waals surface area contributed by atoms with Crippen molar-refractivity contribution in [2.75, 3.05) is 26.2 Å². The Morgan fingerprint density at radius 3 is 2.62 bits per heavy atom. The average molecular weight is 360 g/mol. The number of hydrogen-bond donors (Lipinski definition) is 2. The molecule has 3 N–H and O–H groups in total. The summed E-state index contributed by atoms with van der Waals surface area (Å²) in [7, 11) is 0. The van der Waals surface area contributed by atoms with Crippen molar-refractivity contribution in [3.63, 3.8) is 0 Å². The van der Waals surface area contributed by atoms with Crippen LogP contribution < -0.4 is 5.73 Å². The summed E-state index contributed by atoms with van der Waals surface area (Å²) >= 11 is 0. The number of rotatable bonds is 5. The Morgan fingerprint density at radius 2 is 1.96 bits per heavy atom. The van der Waals surface area contributed by atoms with E-state index in [4.69, 9.17) is 5.73 Å². The number of aromatic nitrogens is 1. The second-order valence-electron chi connectivity index (χ2n) is 7.58. The molecule has 0 saturated carbocycles. The van der Waals surface area contributed by atoms with Gasteiger partial charge in [-0.05, 0) is 42.4 Å². The lowest BCUT2D eigenvalue weighted by molar-refractivity contribution is -0.143. The number of amides is 2. The summed E-state index contributed by atoms with van der Waals surface area (Å²) in [5, 5.41) is 9.58. The highest BCUT2D eigenvalue weighted by atomic mass is 16.3. The van der Waals surface area contributed by atoms with Gasteiger partial charge in [0.2, 0.25) is 11.8 Å². The van der Waals surface area contributed by atoms with Crippen LogP contribution in [0.1, 0.15) is 37.7 Å². The zero-order chi connectivity index (χ0) is 18.6. The van der Waals surface area contributed by atoms with E-state index >= 15 is 0 Å². The van der Waals surface area contributed by atoms with Gasteiger partial charge < -0.3 is 20.6 Å². The first kappa shape index (κ1) is 18.8. The summed E-state index contributed by atoms with van der Waals surface area (Å²) in [6, 6.07) is 3.89. The van der Waals surface area contributed by atoms with Gasteiger partial charge in [-0.1, -0.05) is 0 Å². The largest absolute Gasteiger partial charge is 0.391 e. The Bertz CT molecular complexity index is 629. The molecule has 7 nitrogen and oxygen atoms in total. The summed E-state index contributed by atoms with van der Waals surface area (Å²) < 4.78 is 0. The van der Waals surface area contributed by atoms with Gasteiger partial charge in [0.1, 0.15) is 0 Å². The van der Waals surface area contributed by atoms with Crippen molar-refractivity contribution in [3.8, 4) is 0 Å². The lowest BCUT2D eigenvalue weighted by Crippen LogP contribution is -2.52. The second kappa shape index (κ2) is 8.14. The Hall–Kier alpha value is -1.99. The van der Waals surface area contributed by atoms with Gasteiger partial charge in [0.05, 0.1) is 12.5 Å². The second-order valence-corrected chi connectivity index (χ2v) is 7.58. The van der Waals surface area contributed by atoms with Gasteiger partial charge >= 0.3 is 0 Å². The summed E-state index contributed by atoms with van der Waals surface area (Å²) in [5.41, 5.74) is 6.58. The zero-order valence-electron chi connectivity index (χ0n) is 15.1. The topological polar surface area (TPSA) is 99.8 Å². The van der Waals surface area contributed by atoms with E-state index in [1.807, 2.05) is 21.9 Å². The molecule has 0 aliphatic carbocycles. The number of nitrogens with two attached hydrogens (primary N) is 1. The minimum atomic E-state index is -0.762. The molecule has 1 aromatic rings. The Kier molecular flexibility index (Phi) is 5.88. The normalized spacial score (nSPS) is 21.1. The fraction of sp³-hybridized carbons (Fsp3) is 0.632. The molecule has 1 aromatic heterocycles. The van der Waals surface area contributed by atoms with Crippen molar-refractivity contribution >= 4 is 11.8 Å². The summed E-state index contributed by atoms with van der Waals surface area (Å²) in [6.07, 6.45) is 6.10. The van der Waals surface area contributed by atoms with E-state index in [-0.39, 0.29) is 30.2 Å². The van der Waals surface area contributed by atoms with Crippen LogP contribution in [-0.2, 0) is 16.1 Å². The molecule has 0 radical (unpaired) electrons. The molecular weight excluding hydrogens is 332 g/mol. The van der Waals surface area contributed by atoms with Crippen LogP contribution in [0.2, 0.25) is 0 Å². The van der Waals surface area contributed by atoms with Crippen LogP contribution in [0.3, 0.4) is 0 Å². The molecular formula is C19H28N4O3. The zero-order valence-corrected chi connectivity index (χ0v) is 15.1. The fourth-order valence-corrected chi connectivity index (χ4v) is 4.01. The molecule has 7 heteroatoms. The third-order valence-corrected chi connectivity index (χ3v) is 5.73. The smallest absolute Gasteiger partial charge is 0.225 e. The SMILES string of the molecule is NCC(O)CC(=O)N1CCC2(CCC(=O)N(Cc3ccncc3)C2)CC1. The number of hydrogen-bond acceptors (Lipinski definition) is 5. The molecule has 2 aliphatic rings. The van der Waals surface area contributed by atoms with Gasteiger partial charge in [-0.15, -0.1) is 0 Å². The van der Waals surface area contributed by atoms with Crippen molar-refractivity contribution in [1.82, 2.24) is 14.8 Å². The summed E-state index contributed by atoms with van der Waals surface area (Å²) in [6.45, 7) is 2.85. The molecule has 142 valence electrons. The van der Waals surface area contributed by atoms with E-state index in [1.54, 1.807) is 12.4 Å². The van der Waals surface area contributed by atoms with E-state index in [9.17, 15) is 14.7 Å². The first-order chi connectivity index (χ1) is 12.5. The molecule has 2 fully saturated rings. The molecule has 3 heterocycles. The number of carbonyl (C=O) groups is 2. The minimum absolute atomic E-state index is 0.0293. The Labute approximate surface area is 154 Å². The molecule has 0 aromatic carbocycles. The highest BCUT2D eigenvalue weighted by Gasteiger charge is 2.41. The van der Waals surface area contributed by atoms with Gasteiger partial charge in [0.25, 0.3) is 0 Å². The highest BCUT2D eigenvalue weighted by molar-refractivity contribution is 5.78. The van der Waals surface area contributed by atoms with E-state index in [1.165, 1.54) is 0 Å². The highest BCUT2D eigenvalue weighted by Crippen LogP contribution is 2.40. The van der Waals surface area contributed by atoms with Crippen molar-refractivity contribution < 1.29 is 14.7 Å². The molecule has 2 saturated heterocycles. The number of aliphatic hydroxyl groups is 1. The maximum absolute atomic E-state index is 12.4. The number of pyridine rings is 1. The van der Waals surface area contributed by atoms with Crippen LogP contribution in [0.4, 0.5) is 0 Å². The van der Waals surface area contributed by atoms with Crippen LogP contribution in [-0.4, -0.2) is 64.0 Å². The van der Waals surface area contributed by atoms with Crippen molar-refractivity contribution in [2.24, 2.45) is 11.1 Å². The average Bonchev–Trinajstić information content (AvgIpc) is 2.66. The molecule has 1 spiro atoms. The number of likely N-dealkylation sites (tertiary alicyclic amines) is 2. The standard InChI is InChI=1S/C19H28N4O3/c20-12-16(24)11-18(26)22-9-5-19(6-10-22)4-1-17(25)23(14-19)13-15-2-7-21-8-3-15/h2-3,7-8,16,24H,1,4-6,9-14,20H2. The van der Waals surface area contributed by atoms with E-state index in [0.29, 0.717) is 26.1 Å². The maximum Gasteiger partial charge on any atom is 0.225 e. The summed E-state index contributed by atoms with van der Waals surface area (Å²) in [5.74, 6) is 0.176. The van der Waals surface area contributed by atoms with E-state index in [2.05, 4.69) is 4.98 Å². The van der Waals surface area contributed by atoms with Crippen LogP contribution >= 0.6 is 0 Å². The quantitative estimate of drug-likeness (QED) is 0.798. The monoisotopic (exact) mass is 360 g/mol. The number of carbonyl (C=O) groups excluding carboxylic acids is 2. The van der Waals surface area contributed by atoms with Crippen molar-refractivity contribution in [3.05, 3.63) is 30.1 Å². The van der Waals surface area contributed by atoms with E-state index < -0.39 is 6.10 Å². The van der Waals surface area contributed by atoms with Gasteiger partial charge in [-0.2, -0.15) is 0 Å². The lowest BCUT2D eigenvalue weighted by atomic mass is 9.72. The Balaban J connectivity index is 1.57. The van der Waals surface area contributed by atoms with Crippen LogP contribution in [0, 0.1) is 5.41 Å². The van der Waals surface area contributed by atoms with Gasteiger partial charge in [-0.3, -0.25) is 14.6 Å². The maximum atomic E-state index is 12.4. The minimum Gasteiger partial charge on any atom is -0.391 e. The third-order valence-electron chi connectivity index (χ3n) is 5.73. The summed E-state index contributed by atoms with van der Waals surface area (Å²) in [4.78, 5) is 32.4. The third kappa shape index (κ3) is 4.40. The van der Waals surface area contributed by atoms with Crippen molar-refractivity contribution in [2.45, 2.75) is 44.8 Å². The van der Waals surface area contributed by atoms with Gasteiger partial charge in [-0.25, -0.2) is 0 Å². The van der Waals surface area contributed by atoms with Gasteiger partial charge in [0.15, 0.2) is 0 Å². The molecule has 1 unspecified atom stereocenters. The predicted octanol–water partition coefficient (Wildman–Crippen LogP) is 0.522. The first-order valence-corrected chi connectivity index (χ1v) is 9.34. The van der Waals surface area contributed by atoms with Gasteiger partial charge in [0, 0.05) is 51.5 Å². The Morgan fingerprint density at radius 1 is 1.27 bits per heavy atom. The molecule has 3 rings (SSSR count). The van der Waals surface area contributed by atoms with Crippen LogP contribution in [0.25, 0.3) is 0 Å². The van der Waals surface area contributed by atoms with Crippen molar-refractivity contribution in [1.29, 1.82) is 0 Å². The van der Waals surface area contributed by atoms with Crippen LogP contribution in [0.5, 0.6) is 0 Å². The number of piperidine rings is 2. The molecule has 2 aliphatic heterocycles.